The van der Waals surface area contributed by atoms with Crippen LogP contribution < -0.4 is 43.0 Å². The average Bonchev–Trinajstić information content (AvgIpc) is 3.70. The van der Waals surface area contributed by atoms with Crippen molar-refractivity contribution in [3.05, 3.63) is 86.5 Å². The number of nitrogens with one attached hydrogen (secondary N) is 7. The summed E-state index contributed by atoms with van der Waals surface area (Å²) in [7, 11) is 0. The molecule has 3 rings (SSSR count). The number of carboxylic acids is 2. The predicted molar refractivity (Wildman–Crippen MR) is 239 cm³/mol. The summed E-state index contributed by atoms with van der Waals surface area (Å²) in [5.74, 6) is -9.77. The molecule has 0 aliphatic carbocycles. The molecule has 23 nitrogen and oxygen atoms in total. The first-order chi connectivity index (χ1) is 31.7. The van der Waals surface area contributed by atoms with Crippen molar-refractivity contribution in [2.24, 2.45) is 5.73 Å². The number of halogens is 1. The van der Waals surface area contributed by atoms with E-state index >= 15 is 0 Å². The molecular formula is C42H51BrN8O15S. The Balaban J connectivity index is 1.74. The van der Waals surface area contributed by atoms with Crippen molar-refractivity contribution in [2.45, 2.75) is 88.3 Å². The van der Waals surface area contributed by atoms with Gasteiger partial charge in [0.1, 0.15) is 48.6 Å². The minimum Gasteiger partial charge on any atom is -0.508 e. The molecule has 1 aromatic heterocycles. The Labute approximate surface area is 395 Å². The van der Waals surface area contributed by atoms with Crippen molar-refractivity contribution >= 4 is 86.6 Å². The van der Waals surface area contributed by atoms with Crippen molar-refractivity contribution in [3.63, 3.8) is 0 Å². The Hall–Kier alpha value is -7.12. The number of aromatic hydroxyl groups is 1. The summed E-state index contributed by atoms with van der Waals surface area (Å²) >= 11 is 4.51. The summed E-state index contributed by atoms with van der Waals surface area (Å²) in [6, 6.07) is 8.46. The Bertz CT molecular complexity index is 2230. The summed E-state index contributed by atoms with van der Waals surface area (Å²) in [4.78, 5) is 128. The number of aliphatic hydroxyl groups excluding tert-OH is 1. The van der Waals surface area contributed by atoms with Gasteiger partial charge in [0.15, 0.2) is 0 Å². The van der Waals surface area contributed by atoms with E-state index in [1.807, 2.05) is 0 Å². The molecule has 6 atom stereocenters. The SMILES string of the molecule is C[C@H](NC(=O)OCc1ccccc1)C(=O)NCC(=O)N[C@@H](CCC(=O)O)C(=O)N[C@@H](CO)C(=O)N[C@@H](Cc1ccc(Br)s1)C(=O)N[C@@H](Cc1ccc(O)cc1)C(=O)N[C@@H](CCC(=O)O)C(N)=O. The van der Waals surface area contributed by atoms with Gasteiger partial charge in [0.05, 0.1) is 16.9 Å². The number of benzene rings is 2. The van der Waals surface area contributed by atoms with Gasteiger partial charge in [0.25, 0.3) is 0 Å². The Morgan fingerprint density at radius 2 is 1.18 bits per heavy atom. The number of alkyl carbamates (subject to hydrolysis) is 1. The number of hydrogen-bond acceptors (Lipinski definition) is 14. The number of primary amides is 1. The van der Waals surface area contributed by atoms with Crippen LogP contribution in [-0.4, -0.2) is 129 Å². The highest BCUT2D eigenvalue weighted by Crippen LogP contribution is 2.23. The van der Waals surface area contributed by atoms with Gasteiger partial charge in [0.2, 0.25) is 41.4 Å². The van der Waals surface area contributed by atoms with Crippen LogP contribution in [0.3, 0.4) is 0 Å². The average molecular weight is 1020 g/mol. The number of phenolic OH excluding ortho intramolecular Hbond substituents is 1. The van der Waals surface area contributed by atoms with E-state index < -0.39 is 128 Å². The molecule has 25 heteroatoms. The fourth-order valence-electron chi connectivity index (χ4n) is 5.90. The highest BCUT2D eigenvalue weighted by atomic mass is 79.9. The fourth-order valence-corrected chi connectivity index (χ4v) is 7.42. The molecule has 3 aromatic rings. The molecule has 0 saturated heterocycles. The Morgan fingerprint density at radius 3 is 1.73 bits per heavy atom. The molecule has 0 aliphatic heterocycles. The second-order valence-electron chi connectivity index (χ2n) is 14.7. The van der Waals surface area contributed by atoms with Gasteiger partial charge in [-0.25, -0.2) is 4.79 Å². The number of phenols is 1. The molecule has 8 amide bonds. The minimum absolute atomic E-state index is 0.0736. The molecule has 0 radical (unpaired) electrons. The van der Waals surface area contributed by atoms with E-state index in [1.54, 1.807) is 42.5 Å². The van der Waals surface area contributed by atoms with Gasteiger partial charge in [-0.2, -0.15) is 0 Å². The number of hydrogen-bond donors (Lipinski definition) is 12. The quantitative estimate of drug-likeness (QED) is 0.0439. The van der Waals surface area contributed by atoms with E-state index in [0.717, 1.165) is 0 Å². The van der Waals surface area contributed by atoms with E-state index in [1.165, 1.54) is 42.5 Å². The first kappa shape index (κ1) is 54.2. The number of carboxylic acid groups (broad SMARTS) is 2. The number of carbonyl (C=O) groups is 10. The summed E-state index contributed by atoms with van der Waals surface area (Å²) in [5.41, 5.74) is 6.52. The lowest BCUT2D eigenvalue weighted by Gasteiger charge is -2.26. The van der Waals surface area contributed by atoms with Gasteiger partial charge in [-0.15, -0.1) is 11.3 Å². The van der Waals surface area contributed by atoms with Gasteiger partial charge >= 0.3 is 18.0 Å². The van der Waals surface area contributed by atoms with E-state index in [-0.39, 0.29) is 31.6 Å². The number of nitrogens with two attached hydrogens (primary N) is 1. The van der Waals surface area contributed by atoms with Crippen molar-refractivity contribution in [1.82, 2.24) is 37.2 Å². The lowest BCUT2D eigenvalue weighted by molar-refractivity contribution is -0.139. The second kappa shape index (κ2) is 27.4. The summed E-state index contributed by atoms with van der Waals surface area (Å²) in [6.45, 7) is -0.566. The van der Waals surface area contributed by atoms with E-state index in [0.29, 0.717) is 19.8 Å². The Kier molecular flexibility index (Phi) is 22.2. The number of aliphatic carboxylic acids is 2. The third-order valence-corrected chi connectivity index (χ3v) is 11.1. The maximum absolute atomic E-state index is 14.1. The zero-order chi connectivity index (χ0) is 49.6. The Morgan fingerprint density at radius 1 is 0.642 bits per heavy atom. The maximum atomic E-state index is 14.1. The van der Waals surface area contributed by atoms with Crippen LogP contribution in [0.2, 0.25) is 0 Å². The van der Waals surface area contributed by atoms with E-state index in [2.05, 4.69) is 53.1 Å². The van der Waals surface area contributed by atoms with E-state index in [9.17, 15) is 63.3 Å². The van der Waals surface area contributed by atoms with Crippen molar-refractivity contribution in [1.29, 1.82) is 0 Å². The number of amides is 8. The van der Waals surface area contributed by atoms with Crippen LogP contribution in [0.4, 0.5) is 4.79 Å². The number of thiophene rings is 1. The monoisotopic (exact) mass is 1020 g/mol. The molecule has 1 heterocycles. The number of carbonyl (C=O) groups excluding carboxylic acids is 8. The number of rotatable bonds is 27. The molecule has 13 N–H and O–H groups in total. The van der Waals surface area contributed by atoms with Crippen LogP contribution in [0.5, 0.6) is 5.75 Å². The fraction of sp³-hybridized carbons (Fsp3) is 0.381. The van der Waals surface area contributed by atoms with Gasteiger partial charge in [-0.05, 0) is 71.1 Å². The highest BCUT2D eigenvalue weighted by Gasteiger charge is 2.33. The second-order valence-corrected chi connectivity index (χ2v) is 17.3. The molecular weight excluding hydrogens is 968 g/mol. The van der Waals surface area contributed by atoms with E-state index in [4.69, 9.17) is 15.6 Å². The first-order valence-electron chi connectivity index (χ1n) is 20.4. The third kappa shape index (κ3) is 19.9. The third-order valence-electron chi connectivity index (χ3n) is 9.46. The standard InChI is InChI=1S/C42H51BrN8O15S/c1-22(46-42(65)66-21-24-5-3-2-4-6-24)37(60)45-19-33(54)47-28(13-16-35(57)58)38(61)51-31(20-52)41(64)50-30(18-26-11-14-32(43)67-26)40(63)49-29(17-23-7-9-25(53)10-8-23)39(62)48-27(36(44)59)12-15-34(55)56/h2-11,14,22,27-31,52-53H,12-13,15-21H2,1H3,(H2,44,59)(H,45,60)(H,46,65)(H,47,54)(H,48,62)(H,49,63)(H,50,64)(H,51,61)(H,55,56)(H,57,58)/t22-,27-,28-,29-,30-,31-/m0/s1. The molecule has 2 aromatic carbocycles. The summed E-state index contributed by atoms with van der Waals surface area (Å²) < 4.78 is 5.73. The molecule has 0 spiro atoms. The lowest BCUT2D eigenvalue weighted by atomic mass is 10.0. The normalized spacial score (nSPS) is 13.4. The minimum atomic E-state index is -1.81. The van der Waals surface area contributed by atoms with Crippen molar-refractivity contribution in [3.8, 4) is 5.75 Å². The summed E-state index contributed by atoms with van der Waals surface area (Å²) in [5, 5.41) is 54.8. The summed E-state index contributed by atoms with van der Waals surface area (Å²) in [6.07, 6.45) is -3.43. The smallest absolute Gasteiger partial charge is 0.408 e. The van der Waals surface area contributed by atoms with Crippen molar-refractivity contribution < 1.29 is 73.1 Å². The van der Waals surface area contributed by atoms with Crippen LogP contribution in [-0.2, 0) is 67.3 Å². The molecule has 0 bridgehead atoms. The van der Waals surface area contributed by atoms with Crippen LogP contribution >= 0.6 is 27.3 Å². The molecule has 67 heavy (non-hydrogen) atoms. The molecule has 0 aliphatic rings. The number of aliphatic hydroxyl groups is 1. The largest absolute Gasteiger partial charge is 0.508 e. The van der Waals surface area contributed by atoms with Crippen LogP contribution in [0, 0.1) is 0 Å². The molecule has 0 fully saturated rings. The molecule has 362 valence electrons. The maximum Gasteiger partial charge on any atom is 0.408 e. The van der Waals surface area contributed by atoms with Gasteiger partial charge in [-0.1, -0.05) is 42.5 Å². The topological polar surface area (TPSA) is 371 Å². The zero-order valence-electron chi connectivity index (χ0n) is 35.8. The first-order valence-corrected chi connectivity index (χ1v) is 22.0. The zero-order valence-corrected chi connectivity index (χ0v) is 38.2. The van der Waals surface area contributed by atoms with Crippen molar-refractivity contribution in [2.75, 3.05) is 13.2 Å². The van der Waals surface area contributed by atoms with Gasteiger partial charge < -0.3 is 68.1 Å². The lowest BCUT2D eigenvalue weighted by Crippen LogP contribution is -2.60. The predicted octanol–water partition coefficient (Wildman–Crippen LogP) is -0.936. The van der Waals surface area contributed by atoms with Crippen LogP contribution in [0.15, 0.2) is 70.5 Å². The van der Waals surface area contributed by atoms with Crippen LogP contribution in [0.25, 0.3) is 0 Å². The molecule has 0 saturated carbocycles. The van der Waals surface area contributed by atoms with Crippen LogP contribution in [0.1, 0.15) is 48.6 Å². The number of ether oxygens (including phenoxy) is 1. The van der Waals surface area contributed by atoms with Gasteiger partial charge in [-0.3, -0.25) is 43.2 Å². The molecule has 0 unspecified atom stereocenters. The highest BCUT2D eigenvalue weighted by molar-refractivity contribution is 9.11. The van der Waals surface area contributed by atoms with Gasteiger partial charge in [0, 0.05) is 30.6 Å².